The minimum absolute atomic E-state index is 0.0157. The van der Waals surface area contributed by atoms with Crippen LogP contribution in [0.15, 0.2) is 41.8 Å². The van der Waals surface area contributed by atoms with Gasteiger partial charge in [0.1, 0.15) is 10.3 Å². The maximum atomic E-state index is 10.7. The summed E-state index contributed by atoms with van der Waals surface area (Å²) in [5, 5.41) is 3.37. The molecule has 1 atom stereocenters. The molecule has 0 radical (unpaired) electrons. The van der Waals surface area contributed by atoms with Gasteiger partial charge in [0.05, 0.1) is 29.0 Å². The minimum atomic E-state index is -2.23. The second-order valence-corrected chi connectivity index (χ2v) is 15.0. The number of aromatic nitrogens is 2. The first-order chi connectivity index (χ1) is 14.5. The molecule has 2 aromatic rings. The zero-order valence-corrected chi connectivity index (χ0v) is 21.5. The summed E-state index contributed by atoms with van der Waals surface area (Å²) in [7, 11) is -2.23. The molecule has 31 heavy (non-hydrogen) atoms. The summed E-state index contributed by atoms with van der Waals surface area (Å²) < 4.78 is 0.711. The average molecular weight is 505 g/mol. The fourth-order valence-electron chi connectivity index (χ4n) is 4.09. The van der Waals surface area contributed by atoms with Crippen LogP contribution in [0.5, 0.6) is 0 Å². The predicted molar refractivity (Wildman–Crippen MR) is 137 cm³/mol. The van der Waals surface area contributed by atoms with Crippen LogP contribution in [0.2, 0.25) is 18.1 Å². The summed E-state index contributed by atoms with van der Waals surface area (Å²) in [6, 6.07) is 5.67. The van der Waals surface area contributed by atoms with Crippen molar-refractivity contribution in [2.75, 3.05) is 29.0 Å². The number of pyridine rings is 2. The van der Waals surface area contributed by atoms with Crippen LogP contribution in [-0.4, -0.2) is 36.2 Å². The van der Waals surface area contributed by atoms with Crippen molar-refractivity contribution < 1.29 is 4.80 Å². The highest BCUT2D eigenvalue weighted by Crippen LogP contribution is 2.44. The maximum absolute atomic E-state index is 10.7. The van der Waals surface area contributed by atoms with Crippen molar-refractivity contribution in [2.45, 2.75) is 51.2 Å². The van der Waals surface area contributed by atoms with Gasteiger partial charge in [-0.3, -0.25) is 4.98 Å². The first kappa shape index (κ1) is 23.8. The van der Waals surface area contributed by atoms with Crippen molar-refractivity contribution >= 4 is 47.0 Å². The lowest BCUT2D eigenvalue weighted by Crippen LogP contribution is -2.43. The maximum Gasteiger partial charge on any atom is 0.188 e. The van der Waals surface area contributed by atoms with E-state index in [4.69, 9.17) is 5.73 Å². The molecular formula is C23H34BrN5OSi. The summed E-state index contributed by atoms with van der Waals surface area (Å²) >= 11 is 3.40. The molecule has 168 valence electrons. The molecule has 1 saturated heterocycles. The van der Waals surface area contributed by atoms with Crippen molar-refractivity contribution in [3.8, 4) is 0 Å². The Bertz CT molecular complexity index is 944. The summed E-state index contributed by atoms with van der Waals surface area (Å²) in [5.41, 5.74) is 9.94. The fraction of sp³-hybridized carbons (Fsp3) is 0.478. The number of piperidine rings is 1. The Labute approximate surface area is 195 Å². The third kappa shape index (κ3) is 5.67. The van der Waals surface area contributed by atoms with E-state index >= 15 is 0 Å². The molecule has 0 aromatic carbocycles. The average Bonchev–Trinajstić information content (AvgIpc) is 2.69. The largest absolute Gasteiger partial charge is 0.432 e. The Morgan fingerprint density at radius 1 is 1.39 bits per heavy atom. The molecule has 1 aliphatic heterocycles. The molecule has 1 fully saturated rings. The predicted octanol–water partition coefficient (Wildman–Crippen LogP) is 5.49. The van der Waals surface area contributed by atoms with Crippen molar-refractivity contribution in [1.29, 1.82) is 0 Å². The summed E-state index contributed by atoms with van der Waals surface area (Å²) in [6.45, 7) is 14.7. The lowest BCUT2D eigenvalue weighted by atomic mass is 9.89. The molecule has 0 bridgehead atoms. The number of anilines is 3. The number of hydrogen-bond acceptors (Lipinski definition) is 6. The highest BCUT2D eigenvalue weighted by atomic mass is 79.9. The summed E-state index contributed by atoms with van der Waals surface area (Å²) in [5.74, 6) is 0.550. The van der Waals surface area contributed by atoms with Gasteiger partial charge in [0.15, 0.2) is 8.32 Å². The molecular weight excluding hydrogens is 470 g/mol. The monoisotopic (exact) mass is 503 g/mol. The zero-order chi connectivity index (χ0) is 22.8. The molecule has 0 amide bonds. The van der Waals surface area contributed by atoms with Gasteiger partial charge < -0.3 is 20.7 Å². The number of nitrogens with two attached hydrogens (primary N) is 1. The minimum Gasteiger partial charge on any atom is -0.432 e. The van der Waals surface area contributed by atoms with Gasteiger partial charge in [0.2, 0.25) is 0 Å². The van der Waals surface area contributed by atoms with Gasteiger partial charge in [-0.1, -0.05) is 20.4 Å². The van der Waals surface area contributed by atoms with E-state index in [9.17, 15) is 4.80 Å². The summed E-state index contributed by atoms with van der Waals surface area (Å²) in [6.07, 6.45) is 7.02. The Kier molecular flexibility index (Phi) is 7.13. The Balaban J connectivity index is 1.78. The van der Waals surface area contributed by atoms with Gasteiger partial charge in [0, 0.05) is 19.3 Å². The van der Waals surface area contributed by atoms with E-state index in [0.717, 1.165) is 37.3 Å². The number of nitrogens with zero attached hydrogens (tertiary/aromatic N) is 3. The van der Waals surface area contributed by atoms with E-state index in [1.807, 2.05) is 43.7 Å². The third-order valence-electron chi connectivity index (χ3n) is 6.58. The van der Waals surface area contributed by atoms with Crippen LogP contribution in [0.3, 0.4) is 0 Å². The van der Waals surface area contributed by atoms with Crippen molar-refractivity contribution in [1.82, 2.24) is 9.97 Å². The number of nitrogen functional groups attached to an aromatic ring is 1. The Morgan fingerprint density at radius 3 is 2.84 bits per heavy atom. The smallest absolute Gasteiger partial charge is 0.188 e. The molecule has 0 aliphatic carbocycles. The molecule has 0 spiro atoms. The number of nitrogens with one attached hydrogen (secondary N) is 1. The molecule has 0 saturated carbocycles. The fourth-order valence-corrected chi connectivity index (χ4v) is 5.19. The van der Waals surface area contributed by atoms with Crippen molar-refractivity contribution in [2.24, 2.45) is 5.92 Å². The van der Waals surface area contributed by atoms with Crippen molar-refractivity contribution in [3.63, 3.8) is 0 Å². The third-order valence-corrected chi connectivity index (χ3v) is 10.5. The molecule has 2 aromatic heterocycles. The van der Waals surface area contributed by atoms with Crippen LogP contribution >= 0.6 is 15.9 Å². The lowest BCUT2D eigenvalue weighted by molar-refractivity contribution is 0.330. The highest BCUT2D eigenvalue weighted by Gasteiger charge is 2.40. The number of rotatable bonds is 7. The van der Waals surface area contributed by atoms with Gasteiger partial charge >= 0.3 is 0 Å². The van der Waals surface area contributed by atoms with Crippen LogP contribution in [-0.2, 0) is 0 Å². The second-order valence-electron chi connectivity index (χ2n) is 9.67. The van der Waals surface area contributed by atoms with Gasteiger partial charge in [-0.05, 0) is 77.4 Å². The van der Waals surface area contributed by atoms with Gasteiger partial charge in [0.25, 0.3) is 0 Å². The molecule has 1 aliphatic rings. The van der Waals surface area contributed by atoms with E-state index in [-0.39, 0.29) is 5.04 Å². The molecule has 6 nitrogen and oxygen atoms in total. The topological polar surface area (TPSA) is 87.3 Å². The Hall–Kier alpha value is -1.90. The molecule has 3 heterocycles. The highest BCUT2D eigenvalue weighted by molar-refractivity contribution is 9.10. The molecule has 8 heteroatoms. The van der Waals surface area contributed by atoms with E-state index in [1.165, 1.54) is 6.42 Å². The SMILES string of the molecule is C=C(Nc1cnccc1N1CCCC(CC(C)(C)[Si](C)(C)O)C1)c1nc(Br)ccc1N. The molecule has 1 unspecified atom stereocenters. The summed E-state index contributed by atoms with van der Waals surface area (Å²) in [4.78, 5) is 21.9. The van der Waals surface area contributed by atoms with Crippen LogP contribution < -0.4 is 16.0 Å². The second kappa shape index (κ2) is 9.30. The van der Waals surface area contributed by atoms with Gasteiger partial charge in [-0.2, -0.15) is 0 Å². The standard InChI is InChI=1S/C23H34BrN5OSi/c1-16(22-18(25)8-9-21(24)28-22)27-19-14-26-11-10-20(19)29-12-6-7-17(15-29)13-23(2,3)31(4,5)30/h8-11,14,17,27,30H,1,6-7,12-13,15,25H2,2-5H3. The molecule has 3 rings (SSSR count). The first-order valence-corrected chi connectivity index (χ1v) is 14.5. The number of hydrogen-bond donors (Lipinski definition) is 3. The lowest BCUT2D eigenvalue weighted by Gasteiger charge is -2.42. The van der Waals surface area contributed by atoms with Gasteiger partial charge in [-0.25, -0.2) is 4.98 Å². The molecule has 4 N–H and O–H groups in total. The van der Waals surface area contributed by atoms with Crippen LogP contribution in [0.4, 0.5) is 17.1 Å². The normalized spacial score (nSPS) is 17.5. The van der Waals surface area contributed by atoms with Crippen LogP contribution in [0, 0.1) is 5.92 Å². The van der Waals surface area contributed by atoms with Gasteiger partial charge in [-0.15, -0.1) is 0 Å². The quantitative estimate of drug-likeness (QED) is 0.342. The van der Waals surface area contributed by atoms with Crippen molar-refractivity contribution in [3.05, 3.63) is 47.5 Å². The zero-order valence-electron chi connectivity index (χ0n) is 19.0. The van der Waals surface area contributed by atoms with E-state index in [1.54, 1.807) is 0 Å². The number of halogens is 1. The first-order valence-electron chi connectivity index (χ1n) is 10.8. The van der Waals surface area contributed by atoms with E-state index in [0.29, 0.717) is 27.6 Å². The Morgan fingerprint density at radius 2 is 2.13 bits per heavy atom. The van der Waals surface area contributed by atoms with Crippen LogP contribution in [0.1, 0.15) is 38.8 Å². The van der Waals surface area contributed by atoms with E-state index < -0.39 is 8.32 Å². The van der Waals surface area contributed by atoms with Crippen LogP contribution in [0.25, 0.3) is 5.70 Å². The van der Waals surface area contributed by atoms with E-state index in [2.05, 4.69) is 56.5 Å².